The van der Waals surface area contributed by atoms with Crippen LogP contribution in [0.15, 0.2) is 0 Å². The van der Waals surface area contributed by atoms with Crippen molar-refractivity contribution in [1.82, 2.24) is 5.32 Å². The van der Waals surface area contributed by atoms with Gasteiger partial charge in [-0.25, -0.2) is 0 Å². The van der Waals surface area contributed by atoms with Gasteiger partial charge in [0.2, 0.25) is 0 Å². The fourth-order valence-corrected chi connectivity index (χ4v) is 1.23. The molecule has 1 rings (SSSR count). The molecule has 0 bridgehead atoms. The van der Waals surface area contributed by atoms with Gasteiger partial charge in [-0.2, -0.15) is 0 Å². The first-order valence-corrected chi connectivity index (χ1v) is 6.11. The summed E-state index contributed by atoms with van der Waals surface area (Å²) in [6.45, 7) is 4.98. The van der Waals surface area contributed by atoms with Crippen molar-refractivity contribution in [2.75, 3.05) is 19.7 Å². The first-order valence-electron chi connectivity index (χ1n) is 3.85. The Morgan fingerprint density at radius 1 is 1.43 bits per heavy atom. The molecule has 0 spiro atoms. The van der Waals surface area contributed by atoms with Crippen LogP contribution in [0.3, 0.4) is 0 Å². The Labute approximate surface area is 83.3 Å². The van der Waals surface area contributed by atoms with E-state index in [1.165, 1.54) is 0 Å². The van der Waals surface area contributed by atoms with Crippen LogP contribution in [0, 0.1) is 0 Å². The van der Waals surface area contributed by atoms with Gasteiger partial charge in [0.25, 0.3) is 0 Å². The summed E-state index contributed by atoms with van der Waals surface area (Å²) in [5, 5.41) is 3.21. The van der Waals surface area contributed by atoms with Crippen molar-refractivity contribution in [3.63, 3.8) is 0 Å². The monoisotopic (exact) mass is 245 g/mol. The second-order valence-electron chi connectivity index (χ2n) is 2.44. The Morgan fingerprint density at radius 2 is 2.00 bits per heavy atom. The fourth-order valence-electron chi connectivity index (χ4n) is 0.756. The lowest BCUT2D eigenvalue weighted by atomic mass is 10.3. The molecule has 3 N–H and O–H groups in total. The minimum absolute atomic E-state index is 0.425. The van der Waals surface area contributed by atoms with E-state index in [9.17, 15) is 9.13 Å². The molecule has 0 aromatic heterocycles. The van der Waals surface area contributed by atoms with Crippen molar-refractivity contribution >= 4 is 16.5 Å². The van der Waals surface area contributed by atoms with Gasteiger partial charge < -0.3 is 10.1 Å². The number of rotatable bonds is 2. The van der Waals surface area contributed by atoms with E-state index in [1.807, 2.05) is 0 Å². The number of hydrogen-bond donors (Lipinski definition) is 3. The largest absolute Gasteiger partial charge is 0.745 e. The van der Waals surface area contributed by atoms with Gasteiger partial charge in [0.15, 0.2) is 4.31 Å². The number of ether oxygens (including phenoxy) is 1. The molecule has 0 aromatic carbocycles. The first-order chi connectivity index (χ1) is 6.52. The van der Waals surface area contributed by atoms with E-state index in [-0.39, 0.29) is 0 Å². The lowest BCUT2D eigenvalue weighted by molar-refractivity contribution is 0.0410. The van der Waals surface area contributed by atoms with E-state index in [2.05, 4.69) is 16.6 Å². The molecule has 3 unspecified atom stereocenters. The molecule has 7 nitrogen and oxygen atoms in total. The third-order valence-corrected chi connectivity index (χ3v) is 2.37. The van der Waals surface area contributed by atoms with Gasteiger partial charge in [0.1, 0.15) is 0 Å². The predicted molar refractivity (Wildman–Crippen MR) is 49.0 cm³/mol. The molecule has 9 heteroatoms. The van der Waals surface area contributed by atoms with Gasteiger partial charge in [-0.1, -0.05) is 0 Å². The van der Waals surface area contributed by atoms with Crippen LogP contribution in [0.4, 0.5) is 0 Å². The highest BCUT2D eigenvalue weighted by molar-refractivity contribution is 7.46. The summed E-state index contributed by atoms with van der Waals surface area (Å²) in [6, 6.07) is 0. The Hall–Kier alpha value is -0.0000000000000000763. The lowest BCUT2D eigenvalue weighted by Gasteiger charge is -2.18. The second kappa shape index (κ2) is 8.32. The van der Waals surface area contributed by atoms with Crippen molar-refractivity contribution in [2.45, 2.75) is 13.0 Å². The standard InChI is InChI=1S/C5H11NO.O5P2/c1-5-4-6-2-3-7-5;1-6(2)5-7(3)4/h5-6H,2-4H2,1H3;/p+2. The molecule has 1 saturated heterocycles. The maximum absolute atomic E-state index is 9.39. The normalized spacial score (nSPS) is 23.2. The van der Waals surface area contributed by atoms with Crippen LogP contribution in [-0.2, 0) is 18.2 Å². The van der Waals surface area contributed by atoms with E-state index < -0.39 is 16.5 Å². The van der Waals surface area contributed by atoms with E-state index >= 15 is 0 Å². The summed E-state index contributed by atoms with van der Waals surface area (Å²) in [6.07, 6.45) is 0.425. The summed E-state index contributed by atoms with van der Waals surface area (Å²) in [5.74, 6) is 0. The van der Waals surface area contributed by atoms with Crippen molar-refractivity contribution in [3.05, 3.63) is 0 Å². The fraction of sp³-hybridized carbons (Fsp3) is 1.00. The molecule has 0 aliphatic carbocycles. The predicted octanol–water partition coefficient (Wildman–Crippen LogP) is 0.297. The zero-order chi connectivity index (χ0) is 11.0. The number of morpholine rings is 1. The second-order valence-corrected chi connectivity index (χ2v) is 4.05. The zero-order valence-electron chi connectivity index (χ0n) is 7.62. The molecule has 1 aliphatic rings. The highest BCUT2D eigenvalue weighted by Crippen LogP contribution is 2.30. The van der Waals surface area contributed by atoms with E-state index in [0.717, 1.165) is 19.7 Å². The first kappa shape index (κ1) is 14.0. The van der Waals surface area contributed by atoms with E-state index in [1.54, 1.807) is 0 Å². The van der Waals surface area contributed by atoms with Crippen molar-refractivity contribution in [2.24, 2.45) is 0 Å². The highest BCUT2D eigenvalue weighted by atomic mass is 31.2. The summed E-state index contributed by atoms with van der Waals surface area (Å²) in [7, 11) is -5.85. The smallest absolute Gasteiger partial charge is 0.376 e. The van der Waals surface area contributed by atoms with Crippen molar-refractivity contribution in [1.29, 1.82) is 0 Å². The SMILES string of the molecule is CC1CNCCO1.O=[P+](O)O[P+](=O)O. The third kappa shape index (κ3) is 10.1. The summed E-state index contributed by atoms with van der Waals surface area (Å²) in [4.78, 5) is 15.3. The van der Waals surface area contributed by atoms with Crippen LogP contribution in [0.25, 0.3) is 0 Å². The third-order valence-electron chi connectivity index (χ3n) is 1.25. The topological polar surface area (TPSA) is 105 Å². The molecule has 0 aromatic rings. The maximum Gasteiger partial charge on any atom is 0.745 e. The molecular formula is C5H13NO6P2+2. The minimum Gasteiger partial charge on any atom is -0.376 e. The van der Waals surface area contributed by atoms with Crippen LogP contribution < -0.4 is 5.32 Å². The molecule has 1 aliphatic heterocycles. The average Bonchev–Trinajstić information content (AvgIpc) is 2.03. The Morgan fingerprint density at radius 3 is 2.14 bits per heavy atom. The Kier molecular flexibility index (Phi) is 8.32. The minimum atomic E-state index is -2.92. The van der Waals surface area contributed by atoms with Crippen molar-refractivity contribution < 1.29 is 28.0 Å². The number of nitrogens with one attached hydrogen (secondary N) is 1. The average molecular weight is 245 g/mol. The summed E-state index contributed by atoms with van der Waals surface area (Å²) in [5.41, 5.74) is 0. The van der Waals surface area contributed by atoms with Crippen LogP contribution >= 0.6 is 16.5 Å². The number of hydrogen-bond acceptors (Lipinski definition) is 5. The molecule has 1 heterocycles. The van der Waals surface area contributed by atoms with Crippen molar-refractivity contribution in [3.8, 4) is 0 Å². The summed E-state index contributed by atoms with van der Waals surface area (Å²) < 4.78 is 27.4. The lowest BCUT2D eigenvalue weighted by Crippen LogP contribution is -2.36. The van der Waals surface area contributed by atoms with Gasteiger partial charge in [0, 0.05) is 22.2 Å². The maximum atomic E-state index is 9.39. The molecule has 1 fully saturated rings. The van der Waals surface area contributed by atoms with Gasteiger partial charge in [-0.15, -0.1) is 9.79 Å². The Bertz CT molecular complexity index is 183. The van der Waals surface area contributed by atoms with Crippen LogP contribution in [0.2, 0.25) is 0 Å². The summed E-state index contributed by atoms with van der Waals surface area (Å²) >= 11 is 0. The zero-order valence-corrected chi connectivity index (χ0v) is 9.41. The molecule has 3 atom stereocenters. The quantitative estimate of drug-likeness (QED) is 0.600. The van der Waals surface area contributed by atoms with E-state index in [4.69, 9.17) is 14.5 Å². The molecule has 0 amide bonds. The molecule has 0 radical (unpaired) electrons. The van der Waals surface area contributed by atoms with Gasteiger partial charge in [0.05, 0.1) is 12.7 Å². The van der Waals surface area contributed by atoms with Gasteiger partial charge >= 0.3 is 16.5 Å². The molecular weight excluding hydrogens is 232 g/mol. The van der Waals surface area contributed by atoms with E-state index in [0.29, 0.717) is 6.10 Å². The molecule has 82 valence electrons. The van der Waals surface area contributed by atoms with Crippen LogP contribution in [0.1, 0.15) is 6.92 Å². The molecule has 14 heavy (non-hydrogen) atoms. The van der Waals surface area contributed by atoms with Crippen LogP contribution in [0.5, 0.6) is 0 Å². The van der Waals surface area contributed by atoms with Gasteiger partial charge in [-0.05, 0) is 6.92 Å². The highest BCUT2D eigenvalue weighted by Gasteiger charge is 2.31. The Balaban J connectivity index is 0.000000241. The van der Waals surface area contributed by atoms with Crippen LogP contribution in [-0.4, -0.2) is 35.6 Å². The molecule has 0 saturated carbocycles. The van der Waals surface area contributed by atoms with Gasteiger partial charge in [-0.3, -0.25) is 0 Å².